The van der Waals surface area contributed by atoms with Gasteiger partial charge in [-0.3, -0.25) is 4.79 Å². The molecular formula is C17H21NO3. The van der Waals surface area contributed by atoms with Crippen LogP contribution in [0.15, 0.2) is 30.3 Å². The van der Waals surface area contributed by atoms with E-state index in [1.54, 1.807) is 4.90 Å². The molecule has 4 nitrogen and oxygen atoms in total. The predicted octanol–water partition coefficient (Wildman–Crippen LogP) is 2.43. The van der Waals surface area contributed by atoms with E-state index in [2.05, 4.69) is 6.92 Å². The van der Waals surface area contributed by atoms with Crippen LogP contribution in [0.25, 0.3) is 0 Å². The van der Waals surface area contributed by atoms with Crippen LogP contribution >= 0.6 is 0 Å². The van der Waals surface area contributed by atoms with Crippen molar-refractivity contribution < 1.29 is 14.7 Å². The first-order valence-electron chi connectivity index (χ1n) is 7.64. The highest BCUT2D eigenvalue weighted by Gasteiger charge is 2.54. The number of rotatable bonds is 3. The Hall–Kier alpha value is -1.84. The standard InChI is InChI=1S/C17H21NO3/c1-12-7-10-18(14(11-12)15(19)20)16(21)17(8-9-17)13-5-3-2-4-6-13/h2-6,12,14H,7-11H2,1H3,(H,19,20). The number of aliphatic carboxylic acids is 1. The number of amides is 1. The van der Waals surface area contributed by atoms with Gasteiger partial charge in [-0.2, -0.15) is 0 Å². The minimum atomic E-state index is -0.876. The topological polar surface area (TPSA) is 57.6 Å². The minimum absolute atomic E-state index is 0.00741. The summed E-state index contributed by atoms with van der Waals surface area (Å²) in [7, 11) is 0. The zero-order valence-corrected chi connectivity index (χ0v) is 12.3. The van der Waals surface area contributed by atoms with Gasteiger partial charge in [0.1, 0.15) is 6.04 Å². The Morgan fingerprint density at radius 2 is 1.90 bits per heavy atom. The van der Waals surface area contributed by atoms with Gasteiger partial charge in [0.15, 0.2) is 0 Å². The van der Waals surface area contributed by atoms with Crippen LogP contribution in [-0.4, -0.2) is 34.5 Å². The summed E-state index contributed by atoms with van der Waals surface area (Å²) in [5.41, 5.74) is 0.563. The number of carboxylic acid groups (broad SMARTS) is 1. The Morgan fingerprint density at radius 1 is 1.24 bits per heavy atom. The van der Waals surface area contributed by atoms with Gasteiger partial charge in [0.05, 0.1) is 5.41 Å². The summed E-state index contributed by atoms with van der Waals surface area (Å²) in [6, 6.07) is 9.11. The van der Waals surface area contributed by atoms with Gasteiger partial charge in [0, 0.05) is 6.54 Å². The van der Waals surface area contributed by atoms with Crippen molar-refractivity contribution >= 4 is 11.9 Å². The molecule has 112 valence electrons. The molecule has 0 bridgehead atoms. The van der Waals surface area contributed by atoms with Crippen LogP contribution in [0.4, 0.5) is 0 Å². The minimum Gasteiger partial charge on any atom is -0.480 e. The SMILES string of the molecule is CC1CCN(C(=O)C2(c3ccccc3)CC2)C(C(=O)O)C1. The quantitative estimate of drug-likeness (QED) is 0.929. The normalized spacial score (nSPS) is 27.2. The van der Waals surface area contributed by atoms with Crippen LogP contribution < -0.4 is 0 Å². The van der Waals surface area contributed by atoms with E-state index in [0.29, 0.717) is 18.9 Å². The number of nitrogens with zero attached hydrogens (tertiary/aromatic N) is 1. The molecule has 1 aliphatic carbocycles. The van der Waals surface area contributed by atoms with Crippen LogP contribution in [0.2, 0.25) is 0 Å². The predicted molar refractivity (Wildman–Crippen MR) is 78.9 cm³/mol. The smallest absolute Gasteiger partial charge is 0.326 e. The van der Waals surface area contributed by atoms with Crippen LogP contribution in [0, 0.1) is 5.92 Å². The Morgan fingerprint density at radius 3 is 2.48 bits per heavy atom. The summed E-state index contributed by atoms with van der Waals surface area (Å²) in [6.07, 6.45) is 3.11. The fourth-order valence-electron chi connectivity index (χ4n) is 3.40. The fourth-order valence-corrected chi connectivity index (χ4v) is 3.40. The molecule has 1 aliphatic heterocycles. The van der Waals surface area contributed by atoms with Crippen LogP contribution in [0.5, 0.6) is 0 Å². The third-order valence-electron chi connectivity index (χ3n) is 4.90. The zero-order chi connectivity index (χ0) is 15.0. The summed E-state index contributed by atoms with van der Waals surface area (Å²) >= 11 is 0. The molecule has 0 spiro atoms. The van der Waals surface area contributed by atoms with E-state index in [4.69, 9.17) is 0 Å². The number of hydrogen-bond donors (Lipinski definition) is 1. The highest BCUT2D eigenvalue weighted by Crippen LogP contribution is 2.50. The molecule has 2 atom stereocenters. The van der Waals surface area contributed by atoms with Crippen molar-refractivity contribution in [2.75, 3.05) is 6.54 Å². The average molecular weight is 287 g/mol. The summed E-state index contributed by atoms with van der Waals surface area (Å²) < 4.78 is 0. The molecule has 1 aromatic carbocycles. The van der Waals surface area contributed by atoms with Crippen molar-refractivity contribution in [1.29, 1.82) is 0 Å². The van der Waals surface area contributed by atoms with Crippen LogP contribution in [-0.2, 0) is 15.0 Å². The Labute approximate surface area is 124 Å². The zero-order valence-electron chi connectivity index (χ0n) is 12.3. The Bertz CT molecular complexity index is 550. The van der Waals surface area contributed by atoms with Crippen LogP contribution in [0.3, 0.4) is 0 Å². The molecule has 1 N–H and O–H groups in total. The second-order valence-electron chi connectivity index (χ2n) is 6.43. The third kappa shape index (κ3) is 2.43. The first-order chi connectivity index (χ1) is 10.0. The molecule has 4 heteroatoms. The lowest BCUT2D eigenvalue weighted by Crippen LogP contribution is -2.53. The third-order valence-corrected chi connectivity index (χ3v) is 4.90. The largest absolute Gasteiger partial charge is 0.480 e. The molecule has 1 saturated heterocycles. The highest BCUT2D eigenvalue weighted by molar-refractivity contribution is 5.94. The summed E-state index contributed by atoms with van der Waals surface area (Å²) in [5.74, 6) is -0.506. The lowest BCUT2D eigenvalue weighted by molar-refractivity contribution is -0.154. The first-order valence-corrected chi connectivity index (χ1v) is 7.64. The van der Waals surface area contributed by atoms with Gasteiger partial charge in [-0.15, -0.1) is 0 Å². The maximum absolute atomic E-state index is 13.0. The van der Waals surface area contributed by atoms with Crippen molar-refractivity contribution in [1.82, 2.24) is 4.90 Å². The van der Waals surface area contributed by atoms with E-state index < -0.39 is 17.4 Å². The monoisotopic (exact) mass is 287 g/mol. The highest BCUT2D eigenvalue weighted by atomic mass is 16.4. The number of piperidine rings is 1. The van der Waals surface area contributed by atoms with Gasteiger partial charge in [-0.25, -0.2) is 4.79 Å². The molecule has 1 saturated carbocycles. The fraction of sp³-hybridized carbons (Fsp3) is 0.529. The van der Waals surface area contributed by atoms with Gasteiger partial charge in [0.2, 0.25) is 5.91 Å². The Balaban J connectivity index is 1.86. The van der Waals surface area contributed by atoms with E-state index in [1.807, 2.05) is 30.3 Å². The van der Waals surface area contributed by atoms with Gasteiger partial charge in [-0.1, -0.05) is 37.3 Å². The van der Waals surface area contributed by atoms with Gasteiger partial charge in [-0.05, 0) is 37.2 Å². The number of hydrogen-bond acceptors (Lipinski definition) is 2. The second-order valence-corrected chi connectivity index (χ2v) is 6.43. The van der Waals surface area contributed by atoms with Crippen molar-refractivity contribution in [3.8, 4) is 0 Å². The molecule has 0 radical (unpaired) electrons. The molecular weight excluding hydrogens is 266 g/mol. The number of carboxylic acids is 1. The number of carbonyl (C=O) groups excluding carboxylic acids is 1. The molecule has 2 unspecified atom stereocenters. The van der Waals surface area contributed by atoms with Crippen molar-refractivity contribution in [3.63, 3.8) is 0 Å². The van der Waals surface area contributed by atoms with E-state index in [1.165, 1.54) is 0 Å². The van der Waals surface area contributed by atoms with Gasteiger partial charge < -0.3 is 10.0 Å². The van der Waals surface area contributed by atoms with E-state index in [-0.39, 0.29) is 5.91 Å². The van der Waals surface area contributed by atoms with Gasteiger partial charge in [0.25, 0.3) is 0 Å². The van der Waals surface area contributed by atoms with E-state index in [9.17, 15) is 14.7 Å². The van der Waals surface area contributed by atoms with Crippen molar-refractivity contribution in [2.24, 2.45) is 5.92 Å². The molecule has 1 heterocycles. The second kappa shape index (κ2) is 5.17. The van der Waals surface area contributed by atoms with E-state index in [0.717, 1.165) is 24.8 Å². The number of likely N-dealkylation sites (tertiary alicyclic amines) is 1. The number of carbonyl (C=O) groups is 2. The molecule has 3 rings (SSSR count). The van der Waals surface area contributed by atoms with Crippen molar-refractivity contribution in [2.45, 2.75) is 44.1 Å². The molecule has 1 amide bonds. The van der Waals surface area contributed by atoms with Gasteiger partial charge >= 0.3 is 5.97 Å². The molecule has 0 aromatic heterocycles. The Kier molecular flexibility index (Phi) is 3.47. The molecule has 1 aromatic rings. The molecule has 2 aliphatic rings. The summed E-state index contributed by atoms with van der Waals surface area (Å²) in [6.45, 7) is 2.62. The molecule has 2 fully saturated rings. The lowest BCUT2D eigenvalue weighted by Gasteiger charge is -2.38. The summed E-state index contributed by atoms with van der Waals surface area (Å²) in [5, 5.41) is 9.44. The first kappa shape index (κ1) is 14.1. The summed E-state index contributed by atoms with van der Waals surface area (Å²) in [4.78, 5) is 26.1. The average Bonchev–Trinajstić information content (AvgIpc) is 3.29. The van der Waals surface area contributed by atoms with Crippen LogP contribution in [0.1, 0.15) is 38.2 Å². The van der Waals surface area contributed by atoms with Crippen molar-refractivity contribution in [3.05, 3.63) is 35.9 Å². The lowest BCUT2D eigenvalue weighted by atomic mass is 9.88. The van der Waals surface area contributed by atoms with E-state index >= 15 is 0 Å². The molecule has 21 heavy (non-hydrogen) atoms. The maximum atomic E-state index is 13.0. The maximum Gasteiger partial charge on any atom is 0.326 e. The number of benzene rings is 1.